The molecule has 1 heterocycles. The summed E-state index contributed by atoms with van der Waals surface area (Å²) in [7, 11) is 0. The Bertz CT molecular complexity index is 309. The zero-order valence-electron chi connectivity index (χ0n) is 8.41. The van der Waals surface area contributed by atoms with Crippen LogP contribution in [0.2, 0.25) is 0 Å². The maximum atomic E-state index is 10.7. The molecule has 14 heavy (non-hydrogen) atoms. The van der Waals surface area contributed by atoms with Crippen LogP contribution in [-0.4, -0.2) is 17.1 Å². The Balaban J connectivity index is 2.47. The number of nitrogens with one attached hydrogen (secondary N) is 1. The van der Waals surface area contributed by atoms with Gasteiger partial charge in [-0.2, -0.15) is 11.3 Å². The molecule has 0 amide bonds. The Hall–Kier alpha value is -0.870. The van der Waals surface area contributed by atoms with Crippen molar-refractivity contribution in [1.29, 1.82) is 0 Å². The van der Waals surface area contributed by atoms with Crippen molar-refractivity contribution in [2.45, 2.75) is 32.9 Å². The van der Waals surface area contributed by atoms with E-state index in [2.05, 4.69) is 16.1 Å². The number of carboxylic acids is 1. The van der Waals surface area contributed by atoms with Crippen LogP contribution in [0.3, 0.4) is 0 Å². The van der Waals surface area contributed by atoms with E-state index in [4.69, 9.17) is 5.11 Å². The fourth-order valence-electron chi connectivity index (χ4n) is 1.21. The lowest BCUT2D eigenvalue weighted by Gasteiger charge is -2.11. The van der Waals surface area contributed by atoms with E-state index in [-0.39, 0.29) is 0 Å². The first-order valence-electron chi connectivity index (χ1n) is 4.63. The van der Waals surface area contributed by atoms with Gasteiger partial charge in [0.2, 0.25) is 0 Å². The van der Waals surface area contributed by atoms with Gasteiger partial charge in [0, 0.05) is 6.54 Å². The van der Waals surface area contributed by atoms with Crippen LogP contribution in [0.4, 0.5) is 0 Å². The Morgan fingerprint density at radius 3 is 2.79 bits per heavy atom. The summed E-state index contributed by atoms with van der Waals surface area (Å²) in [6, 6.07) is -0.436. The zero-order valence-corrected chi connectivity index (χ0v) is 9.23. The topological polar surface area (TPSA) is 49.3 Å². The second kappa shape index (κ2) is 5.12. The van der Waals surface area contributed by atoms with Crippen molar-refractivity contribution in [3.8, 4) is 0 Å². The lowest BCUT2D eigenvalue weighted by atomic mass is 10.2. The predicted octanol–water partition coefficient (Wildman–Crippen LogP) is 2.01. The van der Waals surface area contributed by atoms with Gasteiger partial charge in [0.15, 0.2) is 0 Å². The van der Waals surface area contributed by atoms with Gasteiger partial charge < -0.3 is 10.4 Å². The first kappa shape index (κ1) is 11.2. The van der Waals surface area contributed by atoms with Crippen LogP contribution in [-0.2, 0) is 11.3 Å². The Kier molecular flexibility index (Phi) is 4.10. The Morgan fingerprint density at radius 2 is 2.36 bits per heavy atom. The molecule has 0 saturated heterocycles. The van der Waals surface area contributed by atoms with Crippen LogP contribution in [0.5, 0.6) is 0 Å². The highest BCUT2D eigenvalue weighted by Gasteiger charge is 2.13. The van der Waals surface area contributed by atoms with Gasteiger partial charge in [-0.1, -0.05) is 6.92 Å². The molecule has 0 bridgehead atoms. The van der Waals surface area contributed by atoms with Crippen molar-refractivity contribution in [1.82, 2.24) is 5.32 Å². The smallest absolute Gasteiger partial charge is 0.320 e. The van der Waals surface area contributed by atoms with Gasteiger partial charge in [0.25, 0.3) is 0 Å². The molecule has 0 aliphatic carbocycles. The van der Waals surface area contributed by atoms with Gasteiger partial charge in [0.1, 0.15) is 6.04 Å². The second-order valence-corrected chi connectivity index (χ2v) is 4.00. The standard InChI is InChI=1S/C10H15NO2S/c1-3-9(10(12)13)11-4-8-6-14-5-7(8)2/h5-6,9,11H,3-4H2,1-2H3,(H,12,13). The van der Waals surface area contributed by atoms with Gasteiger partial charge in [0.05, 0.1) is 0 Å². The summed E-state index contributed by atoms with van der Waals surface area (Å²) in [5.41, 5.74) is 2.41. The average Bonchev–Trinajstić information content (AvgIpc) is 2.52. The minimum absolute atomic E-state index is 0.436. The number of carboxylic acid groups (broad SMARTS) is 1. The predicted molar refractivity (Wildman–Crippen MR) is 57.6 cm³/mol. The molecule has 1 rings (SSSR count). The minimum Gasteiger partial charge on any atom is -0.480 e. The molecule has 0 fully saturated rings. The van der Waals surface area contributed by atoms with Crippen LogP contribution < -0.4 is 5.32 Å². The summed E-state index contributed by atoms with van der Waals surface area (Å²) < 4.78 is 0. The number of rotatable bonds is 5. The van der Waals surface area contributed by atoms with Gasteiger partial charge in [-0.05, 0) is 35.2 Å². The van der Waals surface area contributed by atoms with E-state index >= 15 is 0 Å². The normalized spacial score (nSPS) is 12.7. The van der Waals surface area contributed by atoms with E-state index in [0.717, 1.165) is 0 Å². The van der Waals surface area contributed by atoms with Crippen molar-refractivity contribution < 1.29 is 9.90 Å². The summed E-state index contributed by atoms with van der Waals surface area (Å²) in [5.74, 6) is -0.777. The van der Waals surface area contributed by atoms with E-state index in [0.29, 0.717) is 13.0 Å². The molecule has 78 valence electrons. The molecule has 4 heteroatoms. The quantitative estimate of drug-likeness (QED) is 0.786. The van der Waals surface area contributed by atoms with Gasteiger partial charge in [-0.3, -0.25) is 4.79 Å². The highest BCUT2D eigenvalue weighted by Crippen LogP contribution is 2.13. The summed E-state index contributed by atoms with van der Waals surface area (Å²) in [6.45, 7) is 4.54. The monoisotopic (exact) mass is 213 g/mol. The van der Waals surface area contributed by atoms with Crippen LogP contribution in [0.25, 0.3) is 0 Å². The summed E-state index contributed by atoms with van der Waals surface area (Å²) in [5, 5.41) is 16.0. The van der Waals surface area contributed by atoms with Gasteiger partial charge >= 0.3 is 5.97 Å². The zero-order chi connectivity index (χ0) is 10.6. The van der Waals surface area contributed by atoms with Gasteiger partial charge in [-0.15, -0.1) is 0 Å². The van der Waals surface area contributed by atoms with E-state index in [1.807, 2.05) is 13.8 Å². The summed E-state index contributed by atoms with van der Waals surface area (Å²) in [6.07, 6.45) is 0.610. The Labute approximate surface area is 87.8 Å². The summed E-state index contributed by atoms with van der Waals surface area (Å²) in [4.78, 5) is 10.7. The number of hydrogen-bond acceptors (Lipinski definition) is 3. The third kappa shape index (κ3) is 2.82. The molecule has 0 aliphatic heterocycles. The van der Waals surface area contributed by atoms with Crippen LogP contribution in [0.15, 0.2) is 10.8 Å². The van der Waals surface area contributed by atoms with Crippen molar-refractivity contribution in [3.63, 3.8) is 0 Å². The first-order valence-corrected chi connectivity index (χ1v) is 5.57. The second-order valence-electron chi connectivity index (χ2n) is 3.26. The lowest BCUT2D eigenvalue weighted by Crippen LogP contribution is -2.35. The molecule has 1 atom stereocenters. The molecule has 0 saturated carbocycles. The van der Waals surface area contributed by atoms with Crippen LogP contribution >= 0.6 is 11.3 Å². The fraction of sp³-hybridized carbons (Fsp3) is 0.500. The minimum atomic E-state index is -0.777. The third-order valence-electron chi connectivity index (χ3n) is 2.21. The molecular formula is C10H15NO2S. The van der Waals surface area contributed by atoms with E-state index in [9.17, 15) is 4.79 Å². The van der Waals surface area contributed by atoms with Crippen molar-refractivity contribution in [2.75, 3.05) is 0 Å². The number of aryl methyl sites for hydroxylation is 1. The number of carbonyl (C=O) groups is 1. The third-order valence-corrected chi connectivity index (χ3v) is 3.12. The molecule has 0 radical (unpaired) electrons. The van der Waals surface area contributed by atoms with Crippen molar-refractivity contribution >= 4 is 17.3 Å². The van der Waals surface area contributed by atoms with Gasteiger partial charge in [-0.25, -0.2) is 0 Å². The largest absolute Gasteiger partial charge is 0.480 e. The average molecular weight is 213 g/mol. The SMILES string of the molecule is CCC(NCc1cscc1C)C(=O)O. The molecule has 1 unspecified atom stereocenters. The molecule has 3 nitrogen and oxygen atoms in total. The lowest BCUT2D eigenvalue weighted by molar-refractivity contribution is -0.139. The van der Waals surface area contributed by atoms with E-state index in [1.54, 1.807) is 11.3 Å². The molecule has 0 spiro atoms. The molecular weight excluding hydrogens is 198 g/mol. The Morgan fingerprint density at radius 1 is 1.64 bits per heavy atom. The highest BCUT2D eigenvalue weighted by molar-refractivity contribution is 7.08. The maximum Gasteiger partial charge on any atom is 0.320 e. The number of thiophene rings is 1. The van der Waals surface area contributed by atoms with E-state index < -0.39 is 12.0 Å². The van der Waals surface area contributed by atoms with Crippen LogP contribution in [0.1, 0.15) is 24.5 Å². The molecule has 2 N–H and O–H groups in total. The summed E-state index contributed by atoms with van der Waals surface area (Å²) >= 11 is 1.65. The van der Waals surface area contributed by atoms with Crippen LogP contribution in [0, 0.1) is 6.92 Å². The first-order chi connectivity index (χ1) is 6.65. The highest BCUT2D eigenvalue weighted by atomic mass is 32.1. The number of hydrogen-bond donors (Lipinski definition) is 2. The fourth-order valence-corrected chi connectivity index (χ4v) is 2.06. The molecule has 1 aromatic rings. The van der Waals surface area contributed by atoms with Crippen molar-refractivity contribution in [2.24, 2.45) is 0 Å². The number of aliphatic carboxylic acids is 1. The molecule has 0 aromatic carbocycles. The molecule has 1 aromatic heterocycles. The molecule has 0 aliphatic rings. The van der Waals surface area contributed by atoms with E-state index in [1.165, 1.54) is 11.1 Å². The van der Waals surface area contributed by atoms with Crippen molar-refractivity contribution in [3.05, 3.63) is 21.9 Å². The maximum absolute atomic E-state index is 10.7.